The highest BCUT2D eigenvalue weighted by atomic mass is 31.2. The van der Waals surface area contributed by atoms with Crippen LogP contribution in [0.3, 0.4) is 0 Å². The third kappa shape index (κ3) is 18.9. The molecule has 2 atom stereocenters. The van der Waals surface area contributed by atoms with Crippen molar-refractivity contribution in [2.75, 3.05) is 19.4 Å². The van der Waals surface area contributed by atoms with Gasteiger partial charge in [0.1, 0.15) is 0 Å². The second kappa shape index (κ2) is 22.3. The highest BCUT2D eigenvalue weighted by Crippen LogP contribution is 2.49. The molecule has 0 aliphatic heterocycles. The molecule has 0 aromatic rings. The van der Waals surface area contributed by atoms with Crippen molar-refractivity contribution in [1.29, 1.82) is 0 Å². The summed E-state index contributed by atoms with van der Waals surface area (Å²) in [5, 5.41) is 0. The smallest absolute Gasteiger partial charge is 0.309 e. The molecule has 182 valence electrons. The average molecular weight is 447 g/mol. The molecule has 0 spiro atoms. The van der Waals surface area contributed by atoms with E-state index >= 15 is 0 Å². The van der Waals surface area contributed by atoms with E-state index in [0.717, 1.165) is 25.7 Å². The molecule has 0 heterocycles. The van der Waals surface area contributed by atoms with Crippen LogP contribution in [0.5, 0.6) is 0 Å². The van der Waals surface area contributed by atoms with Gasteiger partial charge < -0.3 is 9.05 Å². The maximum absolute atomic E-state index is 13.1. The van der Waals surface area contributed by atoms with E-state index in [4.69, 9.17) is 9.05 Å². The molecule has 0 aliphatic carbocycles. The number of unbranched alkanes of at least 4 members (excludes halogenated alkanes) is 13. The van der Waals surface area contributed by atoms with Crippen molar-refractivity contribution in [3.8, 4) is 0 Å². The van der Waals surface area contributed by atoms with Gasteiger partial charge in [0, 0.05) is 0 Å². The van der Waals surface area contributed by atoms with Crippen LogP contribution in [0, 0.1) is 5.92 Å². The molecule has 0 saturated heterocycles. The van der Waals surface area contributed by atoms with Crippen molar-refractivity contribution in [3.63, 3.8) is 0 Å². The number of rotatable bonds is 24. The van der Waals surface area contributed by atoms with E-state index in [1.54, 1.807) is 0 Å². The van der Waals surface area contributed by atoms with Crippen LogP contribution >= 0.6 is 7.60 Å². The zero-order chi connectivity index (χ0) is 22.3. The number of hydrogen-bond donors (Lipinski definition) is 0. The minimum atomic E-state index is -2.92. The summed E-state index contributed by atoms with van der Waals surface area (Å²) in [5.41, 5.74) is 0. The topological polar surface area (TPSA) is 35.5 Å². The van der Waals surface area contributed by atoms with Gasteiger partial charge in [0.25, 0.3) is 0 Å². The van der Waals surface area contributed by atoms with E-state index in [1.165, 1.54) is 89.9 Å². The van der Waals surface area contributed by atoms with Crippen LogP contribution in [0.2, 0.25) is 0 Å². The van der Waals surface area contributed by atoms with Gasteiger partial charge in [0.05, 0.1) is 19.4 Å². The third-order valence-electron chi connectivity index (χ3n) is 6.12. The SMILES string of the molecule is CCCCCCCCCCCCCCOP(=O)(CCCC)OCC(CC)CCCC. The van der Waals surface area contributed by atoms with Gasteiger partial charge in [-0.05, 0) is 25.2 Å². The van der Waals surface area contributed by atoms with Gasteiger partial charge in [-0.15, -0.1) is 0 Å². The molecule has 0 amide bonds. The van der Waals surface area contributed by atoms with Crippen LogP contribution in [0.25, 0.3) is 0 Å². The number of hydrogen-bond acceptors (Lipinski definition) is 3. The molecule has 0 N–H and O–H groups in total. The molecule has 2 unspecified atom stereocenters. The molecule has 0 saturated carbocycles. The van der Waals surface area contributed by atoms with Gasteiger partial charge in [-0.3, -0.25) is 4.57 Å². The average Bonchev–Trinajstić information content (AvgIpc) is 2.76. The van der Waals surface area contributed by atoms with E-state index in [0.29, 0.717) is 25.3 Å². The Morgan fingerprint density at radius 3 is 1.60 bits per heavy atom. The standard InChI is InChI=1S/C26H55O3P/c1-5-9-12-13-14-15-16-17-18-19-20-21-23-28-30(27,24-11-7-3)29-25-26(8-4)22-10-6-2/h26H,5-25H2,1-4H3. The molecule has 0 radical (unpaired) electrons. The Hall–Kier alpha value is 0.150. The lowest BCUT2D eigenvalue weighted by molar-refractivity contribution is 0.169. The fourth-order valence-electron chi connectivity index (χ4n) is 3.78. The highest BCUT2D eigenvalue weighted by molar-refractivity contribution is 7.53. The zero-order valence-electron chi connectivity index (χ0n) is 21.1. The van der Waals surface area contributed by atoms with Gasteiger partial charge in [-0.1, -0.05) is 124 Å². The van der Waals surface area contributed by atoms with Crippen molar-refractivity contribution in [3.05, 3.63) is 0 Å². The Morgan fingerprint density at radius 2 is 1.10 bits per heavy atom. The van der Waals surface area contributed by atoms with E-state index in [9.17, 15) is 4.57 Å². The van der Waals surface area contributed by atoms with Crippen LogP contribution in [0.15, 0.2) is 0 Å². The van der Waals surface area contributed by atoms with E-state index in [1.807, 2.05) is 0 Å². The summed E-state index contributed by atoms with van der Waals surface area (Å²) in [7, 11) is -2.92. The van der Waals surface area contributed by atoms with Gasteiger partial charge in [-0.2, -0.15) is 0 Å². The monoisotopic (exact) mass is 446 g/mol. The summed E-state index contributed by atoms with van der Waals surface area (Å²) in [6.45, 7) is 10.0. The minimum absolute atomic E-state index is 0.509. The first-order valence-electron chi connectivity index (χ1n) is 13.5. The van der Waals surface area contributed by atoms with Crippen molar-refractivity contribution in [2.24, 2.45) is 5.92 Å². The highest BCUT2D eigenvalue weighted by Gasteiger charge is 2.25. The molecule has 0 rings (SSSR count). The lowest BCUT2D eigenvalue weighted by Gasteiger charge is -2.22. The molecule has 0 aromatic heterocycles. The molecule has 30 heavy (non-hydrogen) atoms. The summed E-state index contributed by atoms with van der Waals surface area (Å²) in [6, 6.07) is 0. The summed E-state index contributed by atoms with van der Waals surface area (Å²) < 4.78 is 24.9. The van der Waals surface area contributed by atoms with Gasteiger partial charge in [0.2, 0.25) is 0 Å². The maximum Gasteiger partial charge on any atom is 0.330 e. The Kier molecular flexibility index (Phi) is 22.5. The lowest BCUT2D eigenvalue weighted by Crippen LogP contribution is -2.10. The second-order valence-corrected chi connectivity index (χ2v) is 11.3. The van der Waals surface area contributed by atoms with Gasteiger partial charge in [0.15, 0.2) is 0 Å². The normalized spacial score (nSPS) is 14.7. The molecule has 0 fully saturated rings. The largest absolute Gasteiger partial charge is 0.330 e. The van der Waals surface area contributed by atoms with Crippen LogP contribution in [-0.2, 0) is 13.6 Å². The van der Waals surface area contributed by atoms with Crippen molar-refractivity contribution >= 4 is 7.60 Å². The van der Waals surface area contributed by atoms with E-state index < -0.39 is 7.60 Å². The lowest BCUT2D eigenvalue weighted by atomic mass is 10.0. The summed E-state index contributed by atoms with van der Waals surface area (Å²) in [4.78, 5) is 0. The minimum Gasteiger partial charge on any atom is -0.309 e. The second-order valence-electron chi connectivity index (χ2n) is 9.12. The van der Waals surface area contributed by atoms with Crippen molar-refractivity contribution < 1.29 is 13.6 Å². The molecular formula is C26H55O3P. The molecule has 3 nitrogen and oxygen atoms in total. The first kappa shape index (κ1) is 30.1. The van der Waals surface area contributed by atoms with E-state index in [-0.39, 0.29) is 0 Å². The van der Waals surface area contributed by atoms with E-state index in [2.05, 4.69) is 27.7 Å². The summed E-state index contributed by atoms with van der Waals surface area (Å²) in [5.74, 6) is 0.509. The van der Waals surface area contributed by atoms with Crippen molar-refractivity contribution in [2.45, 2.75) is 143 Å². The first-order valence-corrected chi connectivity index (χ1v) is 15.2. The predicted molar refractivity (Wildman–Crippen MR) is 134 cm³/mol. The predicted octanol–water partition coefficient (Wildman–Crippen LogP) is 9.93. The van der Waals surface area contributed by atoms with Gasteiger partial charge in [-0.25, -0.2) is 0 Å². The molecular weight excluding hydrogens is 391 g/mol. The van der Waals surface area contributed by atoms with Crippen molar-refractivity contribution in [1.82, 2.24) is 0 Å². The fraction of sp³-hybridized carbons (Fsp3) is 1.00. The Labute approximate surface area is 190 Å². The van der Waals surface area contributed by atoms with Crippen LogP contribution in [0.4, 0.5) is 0 Å². The molecule has 0 aromatic carbocycles. The van der Waals surface area contributed by atoms with Gasteiger partial charge >= 0.3 is 7.60 Å². The quantitative estimate of drug-likeness (QED) is 0.109. The summed E-state index contributed by atoms with van der Waals surface area (Å²) >= 11 is 0. The summed E-state index contributed by atoms with van der Waals surface area (Å²) in [6.07, 6.45) is 23.1. The molecule has 0 bridgehead atoms. The molecule has 0 aliphatic rings. The Morgan fingerprint density at radius 1 is 0.600 bits per heavy atom. The zero-order valence-corrected chi connectivity index (χ0v) is 22.0. The Balaban J connectivity index is 3.86. The third-order valence-corrected chi connectivity index (χ3v) is 8.10. The first-order chi connectivity index (χ1) is 14.6. The van der Waals surface area contributed by atoms with Crippen LogP contribution < -0.4 is 0 Å². The fourth-order valence-corrected chi connectivity index (χ4v) is 5.66. The Bertz CT molecular complexity index is 386. The molecule has 4 heteroatoms. The maximum atomic E-state index is 13.1. The van der Waals surface area contributed by atoms with Crippen LogP contribution in [-0.4, -0.2) is 19.4 Å². The van der Waals surface area contributed by atoms with Crippen LogP contribution in [0.1, 0.15) is 143 Å².